The van der Waals surface area contributed by atoms with E-state index >= 15 is 0 Å². The molecule has 2 rings (SSSR count). The molecule has 0 bridgehead atoms. The van der Waals surface area contributed by atoms with Gasteiger partial charge in [0.25, 0.3) is 0 Å². The van der Waals surface area contributed by atoms with E-state index in [0.717, 1.165) is 25.7 Å². The SMILES string of the molecule is COC(=O)[C@H]1C(=O)O[C@H]2CCCC[C@@H]12. The summed E-state index contributed by atoms with van der Waals surface area (Å²) in [5.74, 6) is -1.44. The number of carbonyl (C=O) groups excluding carboxylic acids is 2. The van der Waals surface area contributed by atoms with Gasteiger partial charge >= 0.3 is 11.9 Å². The molecule has 0 aromatic carbocycles. The Hall–Kier alpha value is -1.06. The maximum atomic E-state index is 11.4. The van der Waals surface area contributed by atoms with Gasteiger partial charge in [-0.2, -0.15) is 0 Å². The van der Waals surface area contributed by atoms with Crippen LogP contribution in [0.4, 0.5) is 0 Å². The summed E-state index contributed by atoms with van der Waals surface area (Å²) in [6, 6.07) is 0. The Morgan fingerprint density at radius 2 is 2.14 bits per heavy atom. The van der Waals surface area contributed by atoms with Crippen LogP contribution in [0.3, 0.4) is 0 Å². The topological polar surface area (TPSA) is 52.6 Å². The molecule has 0 N–H and O–H groups in total. The van der Waals surface area contributed by atoms with Crippen molar-refractivity contribution in [1.29, 1.82) is 0 Å². The Kier molecular flexibility index (Phi) is 2.44. The standard InChI is InChI=1S/C10H14O4/c1-13-9(11)8-6-4-2-3-5-7(6)14-10(8)12/h6-8H,2-5H2,1H3/t6-,7+,8+/m1/s1. The van der Waals surface area contributed by atoms with Crippen LogP contribution < -0.4 is 0 Å². The lowest BCUT2D eigenvalue weighted by atomic mass is 9.80. The molecule has 0 amide bonds. The van der Waals surface area contributed by atoms with E-state index in [1.165, 1.54) is 7.11 Å². The first-order valence-corrected chi connectivity index (χ1v) is 5.02. The molecule has 1 saturated carbocycles. The van der Waals surface area contributed by atoms with E-state index in [4.69, 9.17) is 4.74 Å². The number of rotatable bonds is 1. The van der Waals surface area contributed by atoms with Gasteiger partial charge in [-0.05, 0) is 19.3 Å². The lowest BCUT2D eigenvalue weighted by Gasteiger charge is -2.24. The third-order valence-electron chi connectivity index (χ3n) is 3.16. The fraction of sp³-hybridized carbons (Fsp3) is 0.800. The fourth-order valence-electron chi connectivity index (χ4n) is 2.45. The molecule has 4 heteroatoms. The van der Waals surface area contributed by atoms with Crippen LogP contribution in [0.25, 0.3) is 0 Å². The van der Waals surface area contributed by atoms with Crippen LogP contribution in [0.1, 0.15) is 25.7 Å². The van der Waals surface area contributed by atoms with Crippen LogP contribution >= 0.6 is 0 Å². The van der Waals surface area contributed by atoms with Crippen molar-refractivity contribution >= 4 is 11.9 Å². The zero-order valence-corrected chi connectivity index (χ0v) is 8.19. The Morgan fingerprint density at radius 3 is 2.86 bits per heavy atom. The monoisotopic (exact) mass is 198 g/mol. The summed E-state index contributed by atoms with van der Waals surface area (Å²) >= 11 is 0. The average molecular weight is 198 g/mol. The molecule has 78 valence electrons. The zero-order chi connectivity index (χ0) is 10.1. The number of methoxy groups -OCH3 is 1. The number of ether oxygens (including phenoxy) is 2. The number of carbonyl (C=O) groups is 2. The number of hydrogen-bond acceptors (Lipinski definition) is 4. The molecule has 0 aromatic rings. The van der Waals surface area contributed by atoms with Crippen molar-refractivity contribution < 1.29 is 19.1 Å². The molecule has 0 aromatic heterocycles. The summed E-state index contributed by atoms with van der Waals surface area (Å²) in [4.78, 5) is 22.8. The molecule has 0 spiro atoms. The van der Waals surface area contributed by atoms with Gasteiger partial charge in [0, 0.05) is 5.92 Å². The van der Waals surface area contributed by atoms with Crippen molar-refractivity contribution in [2.75, 3.05) is 7.11 Å². The molecule has 0 radical (unpaired) electrons. The first kappa shape index (κ1) is 9.49. The van der Waals surface area contributed by atoms with Crippen molar-refractivity contribution in [2.45, 2.75) is 31.8 Å². The largest absolute Gasteiger partial charge is 0.468 e. The third-order valence-corrected chi connectivity index (χ3v) is 3.16. The lowest BCUT2D eigenvalue weighted by Crippen LogP contribution is -2.30. The maximum Gasteiger partial charge on any atom is 0.321 e. The van der Waals surface area contributed by atoms with Gasteiger partial charge in [0.15, 0.2) is 5.92 Å². The number of fused-ring (bicyclic) bond motifs is 1. The van der Waals surface area contributed by atoms with Gasteiger partial charge in [0.05, 0.1) is 7.11 Å². The smallest absolute Gasteiger partial charge is 0.321 e. The van der Waals surface area contributed by atoms with Gasteiger partial charge in [0.2, 0.25) is 0 Å². The van der Waals surface area contributed by atoms with Crippen LogP contribution in [0, 0.1) is 11.8 Å². The van der Waals surface area contributed by atoms with Crippen LogP contribution in [0.5, 0.6) is 0 Å². The summed E-state index contributed by atoms with van der Waals surface area (Å²) in [6.07, 6.45) is 3.91. The molecule has 4 nitrogen and oxygen atoms in total. The van der Waals surface area contributed by atoms with Gasteiger partial charge in [0.1, 0.15) is 6.10 Å². The Morgan fingerprint density at radius 1 is 1.43 bits per heavy atom. The van der Waals surface area contributed by atoms with Gasteiger partial charge in [-0.15, -0.1) is 0 Å². The highest BCUT2D eigenvalue weighted by atomic mass is 16.6. The zero-order valence-electron chi connectivity index (χ0n) is 8.19. The van der Waals surface area contributed by atoms with Crippen molar-refractivity contribution in [3.05, 3.63) is 0 Å². The van der Waals surface area contributed by atoms with Gasteiger partial charge < -0.3 is 9.47 Å². The van der Waals surface area contributed by atoms with Crippen molar-refractivity contribution in [3.63, 3.8) is 0 Å². The molecule has 2 fully saturated rings. The minimum Gasteiger partial charge on any atom is -0.468 e. The van der Waals surface area contributed by atoms with Crippen molar-refractivity contribution in [2.24, 2.45) is 11.8 Å². The highest BCUT2D eigenvalue weighted by molar-refractivity contribution is 5.96. The Labute approximate surface area is 82.6 Å². The van der Waals surface area contributed by atoms with Gasteiger partial charge in [-0.3, -0.25) is 9.59 Å². The van der Waals surface area contributed by atoms with Crippen LogP contribution in [-0.4, -0.2) is 25.2 Å². The third kappa shape index (κ3) is 1.38. The molecular weight excluding hydrogens is 184 g/mol. The van der Waals surface area contributed by atoms with E-state index in [-0.39, 0.29) is 12.0 Å². The predicted octanol–water partition coefficient (Wildman–Crippen LogP) is 0.891. The summed E-state index contributed by atoms with van der Waals surface area (Å²) in [6.45, 7) is 0. The second-order valence-corrected chi connectivity index (χ2v) is 3.92. The molecule has 3 atom stereocenters. The highest BCUT2D eigenvalue weighted by Gasteiger charge is 2.49. The van der Waals surface area contributed by atoms with E-state index in [2.05, 4.69) is 4.74 Å². The normalized spacial score (nSPS) is 36.1. The molecule has 0 unspecified atom stereocenters. The predicted molar refractivity (Wildman–Crippen MR) is 47.3 cm³/mol. The molecular formula is C10H14O4. The van der Waals surface area contributed by atoms with E-state index in [1.807, 2.05) is 0 Å². The number of esters is 2. The van der Waals surface area contributed by atoms with E-state index < -0.39 is 17.9 Å². The second kappa shape index (κ2) is 3.59. The van der Waals surface area contributed by atoms with Crippen molar-refractivity contribution in [1.82, 2.24) is 0 Å². The fourth-order valence-corrected chi connectivity index (χ4v) is 2.45. The Balaban J connectivity index is 2.15. The molecule has 2 aliphatic rings. The first-order chi connectivity index (χ1) is 6.74. The van der Waals surface area contributed by atoms with E-state index in [1.54, 1.807) is 0 Å². The average Bonchev–Trinajstić information content (AvgIpc) is 2.53. The minimum atomic E-state index is -0.662. The van der Waals surface area contributed by atoms with E-state index in [9.17, 15) is 9.59 Å². The summed E-state index contributed by atoms with van der Waals surface area (Å²) in [7, 11) is 1.31. The molecule has 1 aliphatic heterocycles. The molecule has 1 saturated heterocycles. The molecule has 1 aliphatic carbocycles. The quantitative estimate of drug-likeness (QED) is 0.464. The molecule has 14 heavy (non-hydrogen) atoms. The van der Waals surface area contributed by atoms with Gasteiger partial charge in [-0.1, -0.05) is 6.42 Å². The van der Waals surface area contributed by atoms with E-state index in [0.29, 0.717) is 0 Å². The van der Waals surface area contributed by atoms with Crippen molar-refractivity contribution in [3.8, 4) is 0 Å². The first-order valence-electron chi connectivity index (χ1n) is 5.02. The lowest BCUT2D eigenvalue weighted by molar-refractivity contribution is -0.155. The summed E-state index contributed by atoms with van der Waals surface area (Å²) in [5.41, 5.74) is 0. The second-order valence-electron chi connectivity index (χ2n) is 3.92. The number of hydrogen-bond donors (Lipinski definition) is 0. The summed E-state index contributed by atoms with van der Waals surface area (Å²) in [5, 5.41) is 0. The molecule has 1 heterocycles. The maximum absolute atomic E-state index is 11.4. The van der Waals surface area contributed by atoms with Gasteiger partial charge in [-0.25, -0.2) is 0 Å². The van der Waals surface area contributed by atoms with Crippen LogP contribution in [-0.2, 0) is 19.1 Å². The van der Waals surface area contributed by atoms with Crippen LogP contribution in [0.2, 0.25) is 0 Å². The highest BCUT2D eigenvalue weighted by Crippen LogP contribution is 2.39. The minimum absolute atomic E-state index is 0.0413. The van der Waals surface area contributed by atoms with Crippen LogP contribution in [0.15, 0.2) is 0 Å². The summed E-state index contributed by atoms with van der Waals surface area (Å²) < 4.78 is 9.77. The Bertz CT molecular complexity index is 261.